The Morgan fingerprint density at radius 1 is 1.36 bits per heavy atom. The van der Waals surface area contributed by atoms with Crippen LogP contribution in [0.1, 0.15) is 24.8 Å². The molecular weight excluding hydrogens is 302 g/mol. The van der Waals surface area contributed by atoms with Crippen molar-refractivity contribution in [3.8, 4) is 0 Å². The van der Waals surface area contributed by atoms with E-state index in [2.05, 4.69) is 10.0 Å². The standard InChI is InChI=1S/C15H23N3O3S/c1-10-6-7-12(8-14(10)18-22(2,20)21)17-15(19)13-5-3-4-11(13)9-16/h6-8,11,13,18H,3-5,9,16H2,1-2H3,(H,17,19)/t11-,13-/m1/s1. The number of carbonyl (C=O) groups is 1. The minimum atomic E-state index is -3.35. The lowest BCUT2D eigenvalue weighted by molar-refractivity contribution is -0.120. The molecule has 2 atom stereocenters. The van der Waals surface area contributed by atoms with Gasteiger partial charge in [0.1, 0.15) is 0 Å². The maximum absolute atomic E-state index is 12.4. The molecule has 4 N–H and O–H groups in total. The number of aryl methyl sites for hydroxylation is 1. The van der Waals surface area contributed by atoms with E-state index < -0.39 is 10.0 Å². The molecule has 0 radical (unpaired) electrons. The van der Waals surface area contributed by atoms with E-state index >= 15 is 0 Å². The van der Waals surface area contributed by atoms with Crippen molar-refractivity contribution in [2.75, 3.05) is 22.8 Å². The maximum atomic E-state index is 12.4. The van der Waals surface area contributed by atoms with Crippen molar-refractivity contribution in [1.82, 2.24) is 0 Å². The van der Waals surface area contributed by atoms with Gasteiger partial charge in [0.15, 0.2) is 0 Å². The first-order chi connectivity index (χ1) is 10.3. The zero-order valence-corrected chi connectivity index (χ0v) is 13.7. The molecule has 0 heterocycles. The number of amides is 1. The van der Waals surface area contributed by atoms with E-state index in [0.717, 1.165) is 31.1 Å². The minimum Gasteiger partial charge on any atom is -0.330 e. The smallest absolute Gasteiger partial charge is 0.229 e. The summed E-state index contributed by atoms with van der Waals surface area (Å²) in [6, 6.07) is 5.19. The molecule has 1 aliphatic carbocycles. The van der Waals surface area contributed by atoms with Gasteiger partial charge in [-0.05, 0) is 49.9 Å². The van der Waals surface area contributed by atoms with Crippen LogP contribution in [0.3, 0.4) is 0 Å². The molecule has 122 valence electrons. The van der Waals surface area contributed by atoms with Crippen LogP contribution in [-0.4, -0.2) is 27.1 Å². The fourth-order valence-corrected chi connectivity index (χ4v) is 3.53. The number of benzene rings is 1. The Hall–Kier alpha value is -1.60. The Bertz CT molecular complexity index is 658. The van der Waals surface area contributed by atoms with Crippen LogP contribution in [-0.2, 0) is 14.8 Å². The van der Waals surface area contributed by atoms with Gasteiger partial charge in [0.05, 0.1) is 11.9 Å². The van der Waals surface area contributed by atoms with E-state index in [1.54, 1.807) is 25.1 Å². The Morgan fingerprint density at radius 3 is 2.73 bits per heavy atom. The molecule has 0 unspecified atom stereocenters. The predicted molar refractivity (Wildman–Crippen MR) is 88.2 cm³/mol. The minimum absolute atomic E-state index is 0.0397. The van der Waals surface area contributed by atoms with Crippen molar-refractivity contribution in [1.29, 1.82) is 0 Å². The molecule has 1 aromatic rings. The fourth-order valence-electron chi connectivity index (χ4n) is 2.91. The fraction of sp³-hybridized carbons (Fsp3) is 0.533. The summed E-state index contributed by atoms with van der Waals surface area (Å²) >= 11 is 0. The largest absolute Gasteiger partial charge is 0.330 e. The van der Waals surface area contributed by atoms with Crippen LogP contribution in [0.15, 0.2) is 18.2 Å². The number of rotatable bonds is 5. The highest BCUT2D eigenvalue weighted by molar-refractivity contribution is 7.92. The number of sulfonamides is 1. The molecule has 7 heteroatoms. The number of anilines is 2. The lowest BCUT2D eigenvalue weighted by atomic mass is 9.95. The van der Waals surface area contributed by atoms with Gasteiger partial charge in [-0.15, -0.1) is 0 Å². The normalized spacial score (nSPS) is 21.6. The average molecular weight is 325 g/mol. The Morgan fingerprint density at radius 2 is 2.09 bits per heavy atom. The maximum Gasteiger partial charge on any atom is 0.229 e. The summed E-state index contributed by atoms with van der Waals surface area (Å²) < 4.78 is 25.2. The van der Waals surface area contributed by atoms with Gasteiger partial charge in [0.25, 0.3) is 0 Å². The summed E-state index contributed by atoms with van der Waals surface area (Å²) in [5.41, 5.74) is 7.57. The van der Waals surface area contributed by atoms with E-state index in [-0.39, 0.29) is 17.7 Å². The summed E-state index contributed by atoms with van der Waals surface area (Å²) in [5, 5.41) is 2.87. The molecule has 6 nitrogen and oxygen atoms in total. The Kier molecular flexibility index (Phi) is 5.08. The Labute approximate surface area is 131 Å². The van der Waals surface area contributed by atoms with Crippen LogP contribution in [0.2, 0.25) is 0 Å². The van der Waals surface area contributed by atoms with Crippen LogP contribution >= 0.6 is 0 Å². The van der Waals surface area contributed by atoms with E-state index in [0.29, 0.717) is 17.9 Å². The molecule has 22 heavy (non-hydrogen) atoms. The van der Waals surface area contributed by atoms with E-state index in [1.165, 1.54) is 0 Å². The first kappa shape index (κ1) is 16.8. The van der Waals surface area contributed by atoms with Crippen molar-refractivity contribution in [2.45, 2.75) is 26.2 Å². The van der Waals surface area contributed by atoms with Crippen LogP contribution < -0.4 is 15.8 Å². The van der Waals surface area contributed by atoms with Crippen molar-refractivity contribution < 1.29 is 13.2 Å². The predicted octanol–water partition coefficient (Wildman–Crippen LogP) is 1.68. The van der Waals surface area contributed by atoms with Crippen molar-refractivity contribution in [2.24, 2.45) is 17.6 Å². The van der Waals surface area contributed by atoms with Crippen molar-refractivity contribution in [3.05, 3.63) is 23.8 Å². The summed E-state index contributed by atoms with van der Waals surface area (Å²) in [7, 11) is -3.35. The van der Waals surface area contributed by atoms with Crippen LogP contribution in [0.5, 0.6) is 0 Å². The summed E-state index contributed by atoms with van der Waals surface area (Å²) in [6.07, 6.45) is 3.97. The third-order valence-electron chi connectivity index (χ3n) is 4.10. The monoisotopic (exact) mass is 325 g/mol. The lowest BCUT2D eigenvalue weighted by Crippen LogP contribution is -2.29. The molecule has 1 aliphatic rings. The van der Waals surface area contributed by atoms with Gasteiger partial charge in [0, 0.05) is 11.6 Å². The summed E-state index contributed by atoms with van der Waals surface area (Å²) in [6.45, 7) is 2.33. The van der Waals surface area contributed by atoms with Gasteiger partial charge in [0.2, 0.25) is 15.9 Å². The quantitative estimate of drug-likeness (QED) is 0.766. The van der Waals surface area contributed by atoms with Gasteiger partial charge in [-0.3, -0.25) is 9.52 Å². The Balaban J connectivity index is 2.13. The SMILES string of the molecule is Cc1ccc(NC(=O)[C@@H]2CCC[C@@H]2CN)cc1NS(C)(=O)=O. The van der Waals surface area contributed by atoms with Crippen LogP contribution in [0, 0.1) is 18.8 Å². The van der Waals surface area contributed by atoms with Crippen LogP contribution in [0.4, 0.5) is 11.4 Å². The first-order valence-corrected chi connectivity index (χ1v) is 9.28. The lowest BCUT2D eigenvalue weighted by Gasteiger charge is -2.18. The number of carbonyl (C=O) groups excluding carboxylic acids is 1. The molecule has 1 fully saturated rings. The summed E-state index contributed by atoms with van der Waals surface area (Å²) in [5.74, 6) is 0.138. The van der Waals surface area contributed by atoms with Gasteiger partial charge in [-0.2, -0.15) is 0 Å². The molecule has 0 saturated heterocycles. The third-order valence-corrected chi connectivity index (χ3v) is 4.69. The van der Waals surface area contributed by atoms with E-state index in [4.69, 9.17) is 5.73 Å². The molecular formula is C15H23N3O3S. The topological polar surface area (TPSA) is 101 Å². The molecule has 1 saturated carbocycles. The summed E-state index contributed by atoms with van der Waals surface area (Å²) in [4.78, 5) is 12.4. The number of hydrogen-bond acceptors (Lipinski definition) is 4. The number of hydrogen-bond donors (Lipinski definition) is 3. The van der Waals surface area contributed by atoms with E-state index in [1.807, 2.05) is 0 Å². The zero-order chi connectivity index (χ0) is 16.3. The van der Waals surface area contributed by atoms with Crippen molar-refractivity contribution >= 4 is 27.3 Å². The second kappa shape index (κ2) is 6.66. The highest BCUT2D eigenvalue weighted by atomic mass is 32.2. The molecule has 1 amide bonds. The highest BCUT2D eigenvalue weighted by Crippen LogP contribution is 2.32. The third kappa shape index (κ3) is 4.20. The number of nitrogens with one attached hydrogen (secondary N) is 2. The van der Waals surface area contributed by atoms with E-state index in [9.17, 15) is 13.2 Å². The molecule has 0 aromatic heterocycles. The molecule has 0 bridgehead atoms. The zero-order valence-electron chi connectivity index (χ0n) is 12.9. The second-order valence-electron chi connectivity index (χ2n) is 5.93. The molecule has 1 aromatic carbocycles. The van der Waals surface area contributed by atoms with Gasteiger partial charge >= 0.3 is 0 Å². The molecule has 2 rings (SSSR count). The average Bonchev–Trinajstić information content (AvgIpc) is 2.89. The van der Waals surface area contributed by atoms with Gasteiger partial charge in [-0.1, -0.05) is 12.5 Å². The number of nitrogens with two attached hydrogens (primary N) is 1. The molecule has 0 spiro atoms. The highest BCUT2D eigenvalue weighted by Gasteiger charge is 2.31. The van der Waals surface area contributed by atoms with Gasteiger partial charge < -0.3 is 11.1 Å². The van der Waals surface area contributed by atoms with Gasteiger partial charge in [-0.25, -0.2) is 8.42 Å². The molecule has 0 aliphatic heterocycles. The first-order valence-electron chi connectivity index (χ1n) is 7.39. The van der Waals surface area contributed by atoms with Crippen LogP contribution in [0.25, 0.3) is 0 Å². The van der Waals surface area contributed by atoms with Crippen molar-refractivity contribution in [3.63, 3.8) is 0 Å². The second-order valence-corrected chi connectivity index (χ2v) is 7.67.